The van der Waals surface area contributed by atoms with E-state index in [0.717, 1.165) is 25.2 Å². The van der Waals surface area contributed by atoms with Crippen LogP contribution >= 0.6 is 12.4 Å². The van der Waals surface area contributed by atoms with Gasteiger partial charge in [-0.05, 0) is 24.6 Å². The summed E-state index contributed by atoms with van der Waals surface area (Å²) < 4.78 is 5.10. The van der Waals surface area contributed by atoms with Crippen LogP contribution in [-0.4, -0.2) is 26.2 Å². The number of rotatable bonds is 2. The van der Waals surface area contributed by atoms with Crippen LogP contribution in [0.4, 0.5) is 5.69 Å². The van der Waals surface area contributed by atoms with Crippen molar-refractivity contribution in [1.82, 2.24) is 0 Å². The maximum absolute atomic E-state index is 9.10. The summed E-state index contributed by atoms with van der Waals surface area (Å²) in [7, 11) is 1.60. The van der Waals surface area contributed by atoms with Gasteiger partial charge in [-0.1, -0.05) is 0 Å². The first-order valence-corrected chi connectivity index (χ1v) is 5.33. The van der Waals surface area contributed by atoms with Crippen molar-refractivity contribution in [2.45, 2.75) is 12.5 Å². The van der Waals surface area contributed by atoms with Crippen LogP contribution in [0.2, 0.25) is 0 Å². The normalized spacial score (nSPS) is 18.4. The first-order chi connectivity index (χ1) is 7.74. The molecule has 1 atom stereocenters. The monoisotopic (exact) mass is 253 g/mol. The standard InChI is InChI=1S/C12H15N3O.ClH/c1-16-11-2-3-12(9(6-11)7-13)15-5-4-10(14)8-15;/h2-3,6,10H,4-5,8,14H2,1H3;1H. The molecule has 1 aromatic carbocycles. The molecule has 1 saturated heterocycles. The molecular formula is C12H16ClN3O. The zero-order valence-corrected chi connectivity index (χ0v) is 10.5. The molecule has 92 valence electrons. The molecule has 5 heteroatoms. The van der Waals surface area contributed by atoms with E-state index < -0.39 is 0 Å². The van der Waals surface area contributed by atoms with Crippen molar-refractivity contribution in [3.05, 3.63) is 23.8 Å². The van der Waals surface area contributed by atoms with Crippen molar-refractivity contribution < 1.29 is 4.74 Å². The number of nitriles is 1. The fourth-order valence-electron chi connectivity index (χ4n) is 2.01. The predicted molar refractivity (Wildman–Crippen MR) is 69.8 cm³/mol. The number of benzene rings is 1. The third-order valence-electron chi connectivity index (χ3n) is 2.89. The predicted octanol–water partition coefficient (Wildman–Crippen LogP) is 1.53. The van der Waals surface area contributed by atoms with Gasteiger partial charge < -0.3 is 15.4 Å². The Morgan fingerprint density at radius 1 is 1.53 bits per heavy atom. The molecule has 0 aromatic heterocycles. The van der Waals surface area contributed by atoms with Gasteiger partial charge in [0.15, 0.2) is 0 Å². The molecule has 17 heavy (non-hydrogen) atoms. The van der Waals surface area contributed by atoms with Crippen LogP contribution < -0.4 is 15.4 Å². The van der Waals surface area contributed by atoms with Gasteiger partial charge in [0.2, 0.25) is 0 Å². The smallest absolute Gasteiger partial charge is 0.120 e. The van der Waals surface area contributed by atoms with E-state index in [-0.39, 0.29) is 18.4 Å². The molecule has 0 bridgehead atoms. The van der Waals surface area contributed by atoms with Gasteiger partial charge in [0.1, 0.15) is 11.8 Å². The summed E-state index contributed by atoms with van der Waals surface area (Å²) in [6, 6.07) is 7.98. The molecule has 1 fully saturated rings. The number of hydrogen-bond acceptors (Lipinski definition) is 4. The number of nitrogens with two attached hydrogens (primary N) is 1. The maximum atomic E-state index is 9.10. The lowest BCUT2D eigenvalue weighted by molar-refractivity contribution is 0.414. The second-order valence-corrected chi connectivity index (χ2v) is 3.99. The number of nitrogens with zero attached hydrogens (tertiary/aromatic N) is 2. The first kappa shape index (κ1) is 13.6. The Labute approximate surface area is 107 Å². The van der Waals surface area contributed by atoms with Crippen LogP contribution in [0.3, 0.4) is 0 Å². The summed E-state index contributed by atoms with van der Waals surface area (Å²) in [6.45, 7) is 1.74. The summed E-state index contributed by atoms with van der Waals surface area (Å²) in [4.78, 5) is 2.16. The first-order valence-electron chi connectivity index (χ1n) is 5.33. The molecule has 2 rings (SSSR count). The average molecular weight is 254 g/mol. The van der Waals surface area contributed by atoms with E-state index in [4.69, 9.17) is 15.7 Å². The van der Waals surface area contributed by atoms with E-state index in [0.29, 0.717) is 11.3 Å². The SMILES string of the molecule is COc1ccc(N2CCC(N)C2)c(C#N)c1.Cl. The van der Waals surface area contributed by atoms with Gasteiger partial charge in [0.25, 0.3) is 0 Å². The molecule has 0 spiro atoms. The Morgan fingerprint density at radius 2 is 2.29 bits per heavy atom. The van der Waals surface area contributed by atoms with Crippen LogP contribution in [0.25, 0.3) is 0 Å². The number of anilines is 1. The van der Waals surface area contributed by atoms with Gasteiger partial charge in [0.05, 0.1) is 18.4 Å². The zero-order chi connectivity index (χ0) is 11.5. The quantitative estimate of drug-likeness (QED) is 0.868. The van der Waals surface area contributed by atoms with Crippen molar-refractivity contribution in [1.29, 1.82) is 5.26 Å². The molecular weight excluding hydrogens is 238 g/mol. The Kier molecular flexibility index (Phi) is 4.62. The fraction of sp³-hybridized carbons (Fsp3) is 0.417. The van der Waals surface area contributed by atoms with Crippen molar-refractivity contribution in [3.63, 3.8) is 0 Å². The lowest BCUT2D eigenvalue weighted by Gasteiger charge is -2.19. The van der Waals surface area contributed by atoms with Crippen molar-refractivity contribution in [3.8, 4) is 11.8 Å². The van der Waals surface area contributed by atoms with Crippen LogP contribution in [0.15, 0.2) is 18.2 Å². The number of halogens is 1. The molecule has 0 amide bonds. The molecule has 1 aliphatic heterocycles. The van der Waals surface area contributed by atoms with Gasteiger partial charge >= 0.3 is 0 Å². The number of hydrogen-bond donors (Lipinski definition) is 1. The van der Waals surface area contributed by atoms with Crippen molar-refractivity contribution in [2.24, 2.45) is 5.73 Å². The zero-order valence-electron chi connectivity index (χ0n) is 9.72. The van der Waals surface area contributed by atoms with E-state index >= 15 is 0 Å². The van der Waals surface area contributed by atoms with Crippen LogP contribution in [0.1, 0.15) is 12.0 Å². The highest BCUT2D eigenvalue weighted by atomic mass is 35.5. The molecule has 2 N–H and O–H groups in total. The highest BCUT2D eigenvalue weighted by Crippen LogP contribution is 2.27. The summed E-state index contributed by atoms with van der Waals surface area (Å²) >= 11 is 0. The minimum absolute atomic E-state index is 0. The molecule has 1 heterocycles. The Hall–Kier alpha value is -1.44. The molecule has 1 aliphatic rings. The maximum Gasteiger partial charge on any atom is 0.120 e. The van der Waals surface area contributed by atoms with E-state index in [1.165, 1.54) is 0 Å². The molecule has 0 saturated carbocycles. The summed E-state index contributed by atoms with van der Waals surface area (Å²) in [5.41, 5.74) is 7.46. The number of methoxy groups -OCH3 is 1. The van der Waals surface area contributed by atoms with Gasteiger partial charge in [-0.3, -0.25) is 0 Å². The van der Waals surface area contributed by atoms with Crippen LogP contribution in [-0.2, 0) is 0 Å². The third kappa shape index (κ3) is 2.82. The minimum atomic E-state index is 0. The second kappa shape index (κ2) is 5.76. The van der Waals surface area contributed by atoms with Crippen molar-refractivity contribution in [2.75, 3.05) is 25.1 Å². The highest BCUT2D eigenvalue weighted by molar-refractivity contribution is 5.85. The van der Waals surface area contributed by atoms with Gasteiger partial charge in [-0.25, -0.2) is 0 Å². The lowest BCUT2D eigenvalue weighted by atomic mass is 10.1. The molecule has 1 unspecified atom stereocenters. The summed E-state index contributed by atoms with van der Waals surface area (Å²) in [5.74, 6) is 0.712. The average Bonchev–Trinajstić information content (AvgIpc) is 2.74. The minimum Gasteiger partial charge on any atom is -0.497 e. The van der Waals surface area contributed by atoms with E-state index in [1.807, 2.05) is 12.1 Å². The molecule has 0 aliphatic carbocycles. The molecule has 4 nitrogen and oxygen atoms in total. The Bertz CT molecular complexity index is 430. The summed E-state index contributed by atoms with van der Waals surface area (Å²) in [6.07, 6.45) is 0.983. The Morgan fingerprint density at radius 3 is 2.82 bits per heavy atom. The topological polar surface area (TPSA) is 62.3 Å². The lowest BCUT2D eigenvalue weighted by Crippen LogP contribution is -2.26. The van der Waals surface area contributed by atoms with Gasteiger partial charge in [-0.15, -0.1) is 12.4 Å². The van der Waals surface area contributed by atoms with Crippen LogP contribution in [0.5, 0.6) is 5.75 Å². The van der Waals surface area contributed by atoms with Gasteiger partial charge in [-0.2, -0.15) is 5.26 Å². The van der Waals surface area contributed by atoms with Crippen molar-refractivity contribution >= 4 is 18.1 Å². The number of ether oxygens (including phenoxy) is 1. The molecule has 0 radical (unpaired) electrons. The largest absolute Gasteiger partial charge is 0.497 e. The third-order valence-corrected chi connectivity index (χ3v) is 2.89. The van der Waals surface area contributed by atoms with E-state index in [1.54, 1.807) is 13.2 Å². The van der Waals surface area contributed by atoms with Crippen LogP contribution in [0, 0.1) is 11.3 Å². The molecule has 1 aromatic rings. The Balaban J connectivity index is 0.00000144. The second-order valence-electron chi connectivity index (χ2n) is 3.99. The summed E-state index contributed by atoms with van der Waals surface area (Å²) in [5, 5.41) is 9.10. The van der Waals surface area contributed by atoms with E-state index in [2.05, 4.69) is 11.0 Å². The fourth-order valence-corrected chi connectivity index (χ4v) is 2.01. The van der Waals surface area contributed by atoms with Gasteiger partial charge in [0, 0.05) is 19.1 Å². The van der Waals surface area contributed by atoms with E-state index in [9.17, 15) is 0 Å². The highest BCUT2D eigenvalue weighted by Gasteiger charge is 2.21.